The lowest BCUT2D eigenvalue weighted by Gasteiger charge is -2.38. The third-order valence-electron chi connectivity index (χ3n) is 3.28. The molecular weight excluding hydrogens is 214 g/mol. The predicted molar refractivity (Wildman–Crippen MR) is 66.8 cm³/mol. The SMILES string of the molecule is CC(C)(C)[Si](C)(C)O[C@H]1CCNC1.Cl. The molecule has 0 saturated carbocycles. The standard InChI is InChI=1S/C10H23NOSi.ClH/c1-10(2,3)13(4,5)12-9-6-7-11-8-9;/h9,11H,6-8H2,1-5H3;1H/t9-;/m0./s1. The van der Waals surface area contributed by atoms with Gasteiger partial charge in [0.15, 0.2) is 8.32 Å². The normalized spacial score (nSPS) is 23.4. The first-order valence-electron chi connectivity index (χ1n) is 5.21. The molecule has 2 nitrogen and oxygen atoms in total. The molecule has 1 saturated heterocycles. The maximum atomic E-state index is 6.24. The van der Waals surface area contributed by atoms with E-state index in [4.69, 9.17) is 4.43 Å². The summed E-state index contributed by atoms with van der Waals surface area (Å²) in [6.45, 7) is 13.7. The summed E-state index contributed by atoms with van der Waals surface area (Å²) in [4.78, 5) is 0. The van der Waals surface area contributed by atoms with Crippen molar-refractivity contribution < 1.29 is 4.43 Å². The molecule has 14 heavy (non-hydrogen) atoms. The van der Waals surface area contributed by atoms with Crippen molar-refractivity contribution in [1.82, 2.24) is 5.32 Å². The van der Waals surface area contributed by atoms with Gasteiger partial charge in [-0.3, -0.25) is 0 Å². The van der Waals surface area contributed by atoms with Crippen LogP contribution in [0, 0.1) is 0 Å². The molecule has 1 N–H and O–H groups in total. The van der Waals surface area contributed by atoms with Gasteiger partial charge in [-0.05, 0) is 31.1 Å². The summed E-state index contributed by atoms with van der Waals surface area (Å²) in [5, 5.41) is 3.69. The van der Waals surface area contributed by atoms with Gasteiger partial charge in [0, 0.05) is 6.54 Å². The molecule has 0 aliphatic carbocycles. The van der Waals surface area contributed by atoms with Crippen LogP contribution in [0.15, 0.2) is 0 Å². The van der Waals surface area contributed by atoms with E-state index >= 15 is 0 Å². The number of nitrogens with one attached hydrogen (secondary N) is 1. The van der Waals surface area contributed by atoms with Gasteiger partial charge in [-0.15, -0.1) is 12.4 Å². The second-order valence-corrected chi connectivity index (χ2v) is 10.2. The lowest BCUT2D eigenvalue weighted by Crippen LogP contribution is -2.44. The topological polar surface area (TPSA) is 21.3 Å². The van der Waals surface area contributed by atoms with Gasteiger partial charge in [-0.25, -0.2) is 0 Å². The van der Waals surface area contributed by atoms with Crippen molar-refractivity contribution in [3.63, 3.8) is 0 Å². The second-order valence-electron chi connectivity index (χ2n) is 5.49. The highest BCUT2D eigenvalue weighted by Gasteiger charge is 2.39. The lowest BCUT2D eigenvalue weighted by molar-refractivity contribution is 0.200. The van der Waals surface area contributed by atoms with Crippen LogP contribution in [-0.4, -0.2) is 27.5 Å². The van der Waals surface area contributed by atoms with E-state index < -0.39 is 8.32 Å². The van der Waals surface area contributed by atoms with Gasteiger partial charge in [0.1, 0.15) is 0 Å². The fourth-order valence-corrected chi connectivity index (χ4v) is 2.71. The zero-order chi connectivity index (χ0) is 10.1. The van der Waals surface area contributed by atoms with E-state index in [-0.39, 0.29) is 12.4 Å². The van der Waals surface area contributed by atoms with Crippen molar-refractivity contribution in [3.05, 3.63) is 0 Å². The van der Waals surface area contributed by atoms with Crippen molar-refractivity contribution in [1.29, 1.82) is 0 Å². The van der Waals surface area contributed by atoms with Gasteiger partial charge < -0.3 is 9.74 Å². The molecule has 0 spiro atoms. The molecular formula is C10H24ClNOSi. The van der Waals surface area contributed by atoms with Crippen LogP contribution in [0.5, 0.6) is 0 Å². The van der Waals surface area contributed by atoms with Crippen LogP contribution < -0.4 is 5.32 Å². The van der Waals surface area contributed by atoms with Gasteiger partial charge in [0.2, 0.25) is 0 Å². The Labute approximate surface area is 95.3 Å². The third kappa shape index (κ3) is 3.53. The van der Waals surface area contributed by atoms with Crippen LogP contribution in [0.3, 0.4) is 0 Å². The Kier molecular flexibility index (Phi) is 5.12. The van der Waals surface area contributed by atoms with E-state index in [0.29, 0.717) is 11.1 Å². The molecule has 0 unspecified atom stereocenters. The monoisotopic (exact) mass is 237 g/mol. The molecule has 0 aromatic heterocycles. The van der Waals surface area contributed by atoms with Gasteiger partial charge in [-0.2, -0.15) is 0 Å². The third-order valence-corrected chi connectivity index (χ3v) is 7.82. The average Bonchev–Trinajstić information content (AvgIpc) is 2.35. The smallest absolute Gasteiger partial charge is 0.192 e. The molecule has 1 atom stereocenters. The summed E-state index contributed by atoms with van der Waals surface area (Å²) in [5.74, 6) is 0. The van der Waals surface area contributed by atoms with Crippen molar-refractivity contribution in [2.45, 2.75) is 51.4 Å². The summed E-state index contributed by atoms with van der Waals surface area (Å²) in [7, 11) is -1.51. The van der Waals surface area contributed by atoms with E-state index in [1.165, 1.54) is 6.42 Å². The number of rotatable bonds is 2. The molecule has 1 heterocycles. The molecule has 86 valence electrons. The lowest BCUT2D eigenvalue weighted by atomic mass is 10.2. The van der Waals surface area contributed by atoms with E-state index in [9.17, 15) is 0 Å². The minimum atomic E-state index is -1.51. The van der Waals surface area contributed by atoms with Crippen LogP contribution in [0.25, 0.3) is 0 Å². The highest BCUT2D eigenvalue weighted by atomic mass is 35.5. The molecule has 1 aliphatic rings. The Hall–Kier alpha value is 0.427. The van der Waals surface area contributed by atoms with Crippen molar-refractivity contribution >= 4 is 20.7 Å². The minimum absolute atomic E-state index is 0. The zero-order valence-corrected chi connectivity index (χ0v) is 11.8. The van der Waals surface area contributed by atoms with Crippen molar-refractivity contribution in [3.8, 4) is 0 Å². The molecule has 0 aromatic rings. The zero-order valence-electron chi connectivity index (χ0n) is 10.0. The largest absolute Gasteiger partial charge is 0.413 e. The van der Waals surface area contributed by atoms with Gasteiger partial charge in [0.05, 0.1) is 6.10 Å². The molecule has 0 bridgehead atoms. The summed E-state index contributed by atoms with van der Waals surface area (Å²) in [6.07, 6.45) is 1.66. The van der Waals surface area contributed by atoms with E-state index in [1.807, 2.05) is 0 Å². The van der Waals surface area contributed by atoms with Gasteiger partial charge in [0.25, 0.3) is 0 Å². The Morgan fingerprint density at radius 1 is 1.29 bits per heavy atom. The molecule has 1 rings (SSSR count). The number of halogens is 1. The molecule has 0 radical (unpaired) electrons. The molecule has 1 fully saturated rings. The molecule has 1 aliphatic heterocycles. The number of hydrogen-bond donors (Lipinski definition) is 1. The van der Waals surface area contributed by atoms with Crippen LogP contribution in [0.4, 0.5) is 0 Å². The summed E-state index contributed by atoms with van der Waals surface area (Å²) < 4.78 is 6.24. The van der Waals surface area contributed by atoms with Crippen LogP contribution >= 0.6 is 12.4 Å². The Morgan fingerprint density at radius 2 is 1.86 bits per heavy atom. The Bertz CT molecular complexity index is 173. The molecule has 0 amide bonds. The van der Waals surface area contributed by atoms with Crippen molar-refractivity contribution in [2.24, 2.45) is 0 Å². The first-order chi connectivity index (χ1) is 5.83. The first-order valence-corrected chi connectivity index (χ1v) is 8.12. The van der Waals surface area contributed by atoms with Crippen LogP contribution in [0.2, 0.25) is 18.1 Å². The van der Waals surface area contributed by atoms with Crippen molar-refractivity contribution in [2.75, 3.05) is 13.1 Å². The molecule has 4 heteroatoms. The fourth-order valence-electron chi connectivity index (χ4n) is 1.32. The van der Waals surface area contributed by atoms with Gasteiger partial charge in [-0.1, -0.05) is 20.8 Å². The minimum Gasteiger partial charge on any atom is -0.413 e. The predicted octanol–water partition coefficient (Wildman–Crippen LogP) is 2.79. The van der Waals surface area contributed by atoms with E-state index in [1.54, 1.807) is 0 Å². The highest BCUT2D eigenvalue weighted by molar-refractivity contribution is 6.74. The summed E-state index contributed by atoms with van der Waals surface area (Å²) >= 11 is 0. The summed E-state index contributed by atoms with van der Waals surface area (Å²) in [6, 6.07) is 0. The Balaban J connectivity index is 0.00000169. The quantitative estimate of drug-likeness (QED) is 0.746. The van der Waals surface area contributed by atoms with E-state index in [2.05, 4.69) is 39.2 Å². The van der Waals surface area contributed by atoms with Crippen LogP contribution in [-0.2, 0) is 4.43 Å². The van der Waals surface area contributed by atoms with E-state index in [0.717, 1.165) is 13.1 Å². The summed E-state index contributed by atoms with van der Waals surface area (Å²) in [5.41, 5.74) is 0. The van der Waals surface area contributed by atoms with Crippen LogP contribution in [0.1, 0.15) is 27.2 Å². The molecule has 0 aromatic carbocycles. The second kappa shape index (κ2) is 4.97. The first kappa shape index (κ1) is 14.4. The maximum Gasteiger partial charge on any atom is 0.192 e. The maximum absolute atomic E-state index is 6.24. The fraction of sp³-hybridized carbons (Fsp3) is 1.00. The highest BCUT2D eigenvalue weighted by Crippen LogP contribution is 2.37. The Morgan fingerprint density at radius 3 is 2.21 bits per heavy atom. The average molecular weight is 238 g/mol. The van der Waals surface area contributed by atoms with Gasteiger partial charge >= 0.3 is 0 Å². The number of hydrogen-bond acceptors (Lipinski definition) is 2.